The maximum absolute atomic E-state index is 3.56. The number of aromatic nitrogens is 2. The van der Waals surface area contributed by atoms with Crippen LogP contribution in [0.3, 0.4) is 0 Å². The summed E-state index contributed by atoms with van der Waals surface area (Å²) in [6.45, 7) is 6.87. The number of aryl methyl sites for hydroxylation is 1. The Morgan fingerprint density at radius 1 is 0.613 bits per heavy atom. The predicted octanol–water partition coefficient (Wildman–Crippen LogP) is 7.78. The Bertz CT molecular complexity index is 1590. The van der Waals surface area contributed by atoms with Crippen LogP contribution in [0.5, 0.6) is 0 Å². The van der Waals surface area contributed by atoms with E-state index >= 15 is 0 Å². The molecule has 6 aromatic rings. The van der Waals surface area contributed by atoms with Crippen LogP contribution < -0.4 is 0 Å². The van der Waals surface area contributed by atoms with Gasteiger partial charge in [-0.05, 0) is 72.4 Å². The number of rotatable bonds is 3. The van der Waals surface area contributed by atoms with E-state index in [2.05, 4.69) is 110 Å². The minimum atomic E-state index is 0.0300. The molecule has 0 fully saturated rings. The third kappa shape index (κ3) is 2.94. The Morgan fingerprint density at radius 3 is 2.03 bits per heavy atom. The number of hydrogen-bond acceptors (Lipinski definition) is 0. The lowest BCUT2D eigenvalue weighted by atomic mass is 9.78. The van der Waals surface area contributed by atoms with Crippen LogP contribution in [0.4, 0.5) is 0 Å². The van der Waals surface area contributed by atoms with Crippen molar-refractivity contribution in [3.63, 3.8) is 0 Å². The fraction of sp³-hybridized carbons (Fsp3) is 0.172. The molecular weight excluding hydrogens is 376 g/mol. The molecule has 31 heavy (non-hydrogen) atoms. The largest absolute Gasteiger partial charge is 0.355 e. The molecule has 0 saturated heterocycles. The molecule has 0 spiro atoms. The van der Waals surface area contributed by atoms with Gasteiger partial charge in [-0.25, -0.2) is 0 Å². The predicted molar refractivity (Wildman–Crippen MR) is 133 cm³/mol. The third-order valence-electron chi connectivity index (χ3n) is 6.75. The van der Waals surface area contributed by atoms with Crippen LogP contribution in [-0.4, -0.2) is 9.97 Å². The molecule has 0 aliphatic carbocycles. The molecule has 2 heteroatoms. The first kappa shape index (κ1) is 18.3. The summed E-state index contributed by atoms with van der Waals surface area (Å²) in [5, 5.41) is 5.24. The van der Waals surface area contributed by atoms with Gasteiger partial charge in [-0.3, -0.25) is 0 Å². The number of benzene rings is 4. The molecule has 4 aromatic carbocycles. The van der Waals surface area contributed by atoms with E-state index in [9.17, 15) is 0 Å². The Kier molecular flexibility index (Phi) is 3.82. The Hall–Kier alpha value is -3.52. The second-order valence-corrected chi connectivity index (χ2v) is 9.55. The highest BCUT2D eigenvalue weighted by Crippen LogP contribution is 2.34. The van der Waals surface area contributed by atoms with Crippen molar-refractivity contribution in [2.24, 2.45) is 0 Å². The lowest BCUT2D eigenvalue weighted by Gasteiger charge is -2.26. The zero-order chi connectivity index (χ0) is 21.2. The molecule has 0 bridgehead atoms. The number of fused-ring (bicyclic) bond motifs is 6. The van der Waals surface area contributed by atoms with Crippen molar-refractivity contribution in [3.05, 3.63) is 95.6 Å². The monoisotopic (exact) mass is 402 g/mol. The summed E-state index contributed by atoms with van der Waals surface area (Å²) in [5.74, 6) is 0. The van der Waals surface area contributed by atoms with Gasteiger partial charge < -0.3 is 9.97 Å². The van der Waals surface area contributed by atoms with Gasteiger partial charge in [0.15, 0.2) is 0 Å². The van der Waals surface area contributed by atoms with Gasteiger partial charge >= 0.3 is 0 Å². The summed E-state index contributed by atoms with van der Waals surface area (Å²) in [5.41, 5.74) is 8.90. The molecule has 0 atom stereocenters. The van der Waals surface area contributed by atoms with Crippen molar-refractivity contribution in [1.29, 1.82) is 0 Å². The van der Waals surface area contributed by atoms with Gasteiger partial charge in [0.05, 0.1) is 0 Å². The highest BCUT2D eigenvalue weighted by atomic mass is 14.7. The van der Waals surface area contributed by atoms with E-state index < -0.39 is 0 Å². The van der Waals surface area contributed by atoms with Crippen LogP contribution in [0.1, 0.15) is 30.5 Å². The van der Waals surface area contributed by atoms with Crippen LogP contribution in [0.25, 0.3) is 43.6 Å². The molecule has 2 heterocycles. The zero-order valence-corrected chi connectivity index (χ0v) is 18.2. The summed E-state index contributed by atoms with van der Waals surface area (Å²) >= 11 is 0. The van der Waals surface area contributed by atoms with Gasteiger partial charge in [0, 0.05) is 43.6 Å². The van der Waals surface area contributed by atoms with Crippen molar-refractivity contribution in [1.82, 2.24) is 9.97 Å². The maximum atomic E-state index is 3.56. The number of aromatic amines is 2. The zero-order valence-electron chi connectivity index (χ0n) is 18.2. The maximum Gasteiger partial charge on any atom is 0.0465 e. The highest BCUT2D eigenvalue weighted by Gasteiger charge is 2.22. The molecule has 0 saturated carbocycles. The Morgan fingerprint density at radius 2 is 1.23 bits per heavy atom. The van der Waals surface area contributed by atoms with Crippen LogP contribution >= 0.6 is 0 Å². The molecular formula is C29H26N2. The average molecular weight is 403 g/mol. The smallest absolute Gasteiger partial charge is 0.0465 e. The topological polar surface area (TPSA) is 31.6 Å². The molecule has 0 radical (unpaired) electrons. The summed E-state index contributed by atoms with van der Waals surface area (Å²) in [6.07, 6.45) is 0.995. The molecule has 0 amide bonds. The van der Waals surface area contributed by atoms with E-state index in [1.807, 2.05) is 0 Å². The first-order chi connectivity index (χ1) is 15.0. The molecule has 2 nitrogen and oxygen atoms in total. The van der Waals surface area contributed by atoms with E-state index in [1.54, 1.807) is 0 Å². The lowest BCUT2D eigenvalue weighted by molar-refractivity contribution is 0.523. The lowest BCUT2D eigenvalue weighted by Crippen LogP contribution is -2.20. The highest BCUT2D eigenvalue weighted by molar-refractivity contribution is 6.08. The SMILES string of the molecule is Cc1ccc2[nH]c3ccc(CC(C)(C)c4ccc5[nH]c6ccccc6c5c4)cc3c2c1. The van der Waals surface area contributed by atoms with Crippen LogP contribution in [0.2, 0.25) is 0 Å². The standard InChI is InChI=1S/C29H26N2/c1-18-8-11-26-22(14-18)23-15-19(9-12-27(23)31-26)17-29(2,3)20-10-13-28-24(16-20)21-6-4-5-7-25(21)30-28/h4-16,30-31H,17H2,1-3H3. The number of hydrogen-bond donors (Lipinski definition) is 2. The average Bonchev–Trinajstić information content (AvgIpc) is 3.31. The van der Waals surface area contributed by atoms with E-state index in [0.29, 0.717) is 0 Å². The van der Waals surface area contributed by atoms with Gasteiger partial charge in [-0.2, -0.15) is 0 Å². The molecule has 2 aromatic heterocycles. The van der Waals surface area contributed by atoms with E-state index in [0.717, 1.165) is 6.42 Å². The van der Waals surface area contributed by atoms with Gasteiger partial charge in [-0.15, -0.1) is 0 Å². The fourth-order valence-electron chi connectivity index (χ4n) is 5.05. The third-order valence-corrected chi connectivity index (χ3v) is 6.75. The summed E-state index contributed by atoms with van der Waals surface area (Å²) < 4.78 is 0. The fourth-order valence-corrected chi connectivity index (χ4v) is 5.05. The number of H-pyrrole nitrogens is 2. The second kappa shape index (κ2) is 6.49. The van der Waals surface area contributed by atoms with Crippen molar-refractivity contribution in [3.8, 4) is 0 Å². The first-order valence-electron chi connectivity index (χ1n) is 11.0. The van der Waals surface area contributed by atoms with Crippen molar-refractivity contribution in [2.75, 3.05) is 0 Å². The molecule has 6 rings (SSSR count). The molecule has 0 unspecified atom stereocenters. The van der Waals surface area contributed by atoms with Crippen LogP contribution in [0, 0.1) is 6.92 Å². The van der Waals surface area contributed by atoms with E-state index in [-0.39, 0.29) is 5.41 Å². The van der Waals surface area contributed by atoms with Crippen molar-refractivity contribution >= 4 is 43.6 Å². The minimum absolute atomic E-state index is 0.0300. The first-order valence-corrected chi connectivity index (χ1v) is 11.0. The number of nitrogens with one attached hydrogen (secondary N) is 2. The molecule has 0 aliphatic heterocycles. The number of para-hydroxylation sites is 1. The second-order valence-electron chi connectivity index (χ2n) is 9.55. The van der Waals surface area contributed by atoms with Crippen molar-refractivity contribution < 1.29 is 0 Å². The Labute approximate surface area is 181 Å². The molecule has 2 N–H and O–H groups in total. The summed E-state index contributed by atoms with van der Waals surface area (Å²) in [4.78, 5) is 7.10. The molecule has 152 valence electrons. The van der Waals surface area contributed by atoms with Gasteiger partial charge in [0.1, 0.15) is 0 Å². The summed E-state index contributed by atoms with van der Waals surface area (Å²) in [6, 6.07) is 29.0. The van der Waals surface area contributed by atoms with E-state index in [1.165, 1.54) is 60.3 Å². The molecule has 0 aliphatic rings. The Balaban J connectivity index is 1.42. The van der Waals surface area contributed by atoms with Gasteiger partial charge in [0.2, 0.25) is 0 Å². The van der Waals surface area contributed by atoms with Crippen LogP contribution in [-0.2, 0) is 11.8 Å². The minimum Gasteiger partial charge on any atom is -0.355 e. The van der Waals surface area contributed by atoms with Crippen LogP contribution in [0.15, 0.2) is 78.9 Å². The van der Waals surface area contributed by atoms with Gasteiger partial charge in [-0.1, -0.05) is 55.8 Å². The van der Waals surface area contributed by atoms with Gasteiger partial charge in [0.25, 0.3) is 0 Å². The summed E-state index contributed by atoms with van der Waals surface area (Å²) in [7, 11) is 0. The normalized spacial score (nSPS) is 12.5. The van der Waals surface area contributed by atoms with Crippen molar-refractivity contribution in [2.45, 2.75) is 32.6 Å². The van der Waals surface area contributed by atoms with E-state index in [4.69, 9.17) is 0 Å². The quantitative estimate of drug-likeness (QED) is 0.303.